The summed E-state index contributed by atoms with van der Waals surface area (Å²) in [5, 5.41) is 0.630. The van der Waals surface area contributed by atoms with E-state index in [0.717, 1.165) is 12.2 Å². The predicted molar refractivity (Wildman–Crippen MR) is 64.0 cm³/mol. The molecule has 78 valence electrons. The van der Waals surface area contributed by atoms with Gasteiger partial charge in [0.25, 0.3) is 0 Å². The van der Waals surface area contributed by atoms with Gasteiger partial charge in [-0.3, -0.25) is 0 Å². The maximum absolute atomic E-state index is 5.94. The van der Waals surface area contributed by atoms with Crippen molar-refractivity contribution in [2.24, 2.45) is 0 Å². The average Bonchev–Trinajstić information content (AvgIpc) is 2.18. The summed E-state index contributed by atoms with van der Waals surface area (Å²) in [6, 6.07) is 5.74. The first-order chi connectivity index (χ1) is 6.66. The van der Waals surface area contributed by atoms with Crippen LogP contribution in [0.5, 0.6) is 0 Å². The monoisotopic (exact) mass is 212 g/mol. The molecule has 0 radical (unpaired) electrons. The smallest absolute Gasteiger partial charge is 0.0741 e. The molecule has 0 spiro atoms. The molecule has 0 atom stereocenters. The SMILES string of the molecule is CCCCN(C)c1cccc(Cl)c1N. The largest absolute Gasteiger partial charge is 0.396 e. The van der Waals surface area contributed by atoms with Gasteiger partial charge in [-0.2, -0.15) is 0 Å². The number of anilines is 2. The van der Waals surface area contributed by atoms with Gasteiger partial charge >= 0.3 is 0 Å². The van der Waals surface area contributed by atoms with Crippen LogP contribution in [0.4, 0.5) is 11.4 Å². The molecule has 0 aliphatic rings. The van der Waals surface area contributed by atoms with Crippen LogP contribution in [0.25, 0.3) is 0 Å². The topological polar surface area (TPSA) is 29.3 Å². The third-order valence-electron chi connectivity index (χ3n) is 2.29. The first-order valence-corrected chi connectivity index (χ1v) is 5.29. The molecule has 2 nitrogen and oxygen atoms in total. The minimum Gasteiger partial charge on any atom is -0.396 e. The highest BCUT2D eigenvalue weighted by atomic mass is 35.5. The summed E-state index contributed by atoms with van der Waals surface area (Å²) >= 11 is 5.94. The van der Waals surface area contributed by atoms with Crippen LogP contribution in [0, 0.1) is 0 Å². The van der Waals surface area contributed by atoms with Crippen LogP contribution < -0.4 is 10.6 Å². The summed E-state index contributed by atoms with van der Waals surface area (Å²) in [5.41, 5.74) is 7.57. The second-order valence-electron chi connectivity index (χ2n) is 3.45. The molecule has 1 rings (SSSR count). The molecule has 2 N–H and O–H groups in total. The third kappa shape index (κ3) is 2.55. The minimum absolute atomic E-state index is 0.630. The van der Waals surface area contributed by atoms with Crippen LogP contribution in [0.15, 0.2) is 18.2 Å². The molecule has 1 aromatic carbocycles. The van der Waals surface area contributed by atoms with Crippen LogP contribution in [0.1, 0.15) is 19.8 Å². The Hall–Kier alpha value is -0.890. The summed E-state index contributed by atoms with van der Waals surface area (Å²) in [4.78, 5) is 2.14. The van der Waals surface area contributed by atoms with E-state index in [2.05, 4.69) is 11.8 Å². The van der Waals surface area contributed by atoms with Gasteiger partial charge in [0, 0.05) is 13.6 Å². The van der Waals surface area contributed by atoms with E-state index in [9.17, 15) is 0 Å². The summed E-state index contributed by atoms with van der Waals surface area (Å²) in [6.07, 6.45) is 2.35. The summed E-state index contributed by atoms with van der Waals surface area (Å²) in [6.45, 7) is 3.19. The fraction of sp³-hybridized carbons (Fsp3) is 0.455. The third-order valence-corrected chi connectivity index (χ3v) is 2.62. The van der Waals surface area contributed by atoms with E-state index in [1.165, 1.54) is 12.8 Å². The number of halogens is 1. The number of nitrogen functional groups attached to an aromatic ring is 1. The molecule has 14 heavy (non-hydrogen) atoms. The fourth-order valence-corrected chi connectivity index (χ4v) is 1.54. The number of benzene rings is 1. The van der Waals surface area contributed by atoms with Crippen LogP contribution >= 0.6 is 11.6 Å². The Morgan fingerprint density at radius 1 is 1.43 bits per heavy atom. The Balaban J connectivity index is 2.79. The number of nitrogens with zero attached hydrogens (tertiary/aromatic N) is 1. The number of nitrogens with two attached hydrogens (primary N) is 1. The fourth-order valence-electron chi connectivity index (χ4n) is 1.37. The van der Waals surface area contributed by atoms with Gasteiger partial charge in [-0.25, -0.2) is 0 Å². The lowest BCUT2D eigenvalue weighted by Gasteiger charge is -2.21. The van der Waals surface area contributed by atoms with Crippen molar-refractivity contribution < 1.29 is 0 Å². The summed E-state index contributed by atoms with van der Waals surface area (Å²) in [5.74, 6) is 0. The number of unbranched alkanes of at least 4 members (excludes halogenated alkanes) is 1. The predicted octanol–water partition coefficient (Wildman–Crippen LogP) is 3.16. The van der Waals surface area contributed by atoms with Crippen LogP contribution in [-0.4, -0.2) is 13.6 Å². The molecule has 0 saturated carbocycles. The van der Waals surface area contributed by atoms with Gasteiger partial charge in [0.2, 0.25) is 0 Å². The quantitative estimate of drug-likeness (QED) is 0.777. The Morgan fingerprint density at radius 2 is 2.14 bits per heavy atom. The molecule has 0 saturated heterocycles. The Bertz CT molecular complexity index is 299. The van der Waals surface area contributed by atoms with Crippen molar-refractivity contribution in [3.63, 3.8) is 0 Å². The zero-order valence-corrected chi connectivity index (χ0v) is 9.51. The summed E-state index contributed by atoms with van der Waals surface area (Å²) in [7, 11) is 2.04. The molecule has 0 unspecified atom stereocenters. The Morgan fingerprint density at radius 3 is 2.79 bits per heavy atom. The standard InChI is InChI=1S/C11H17ClN2/c1-3-4-8-14(2)10-7-5-6-9(12)11(10)13/h5-7H,3-4,8,13H2,1-2H3. The van der Waals surface area contributed by atoms with Gasteiger partial charge in [-0.15, -0.1) is 0 Å². The van der Waals surface area contributed by atoms with E-state index in [-0.39, 0.29) is 0 Å². The van der Waals surface area contributed by atoms with Gasteiger partial charge < -0.3 is 10.6 Å². The molecular weight excluding hydrogens is 196 g/mol. The zero-order valence-electron chi connectivity index (χ0n) is 8.76. The Labute approximate surface area is 90.7 Å². The van der Waals surface area contributed by atoms with E-state index in [0.29, 0.717) is 10.7 Å². The zero-order chi connectivity index (χ0) is 10.6. The van der Waals surface area contributed by atoms with E-state index in [1.54, 1.807) is 0 Å². The Kier molecular flexibility index (Phi) is 4.08. The van der Waals surface area contributed by atoms with E-state index >= 15 is 0 Å². The molecule has 0 heterocycles. The van der Waals surface area contributed by atoms with Gasteiger partial charge in [0.1, 0.15) is 0 Å². The summed E-state index contributed by atoms with van der Waals surface area (Å²) < 4.78 is 0. The lowest BCUT2D eigenvalue weighted by atomic mass is 10.2. The van der Waals surface area contributed by atoms with Gasteiger partial charge in [0.05, 0.1) is 16.4 Å². The lowest BCUT2D eigenvalue weighted by molar-refractivity contribution is 0.767. The van der Waals surface area contributed by atoms with Gasteiger partial charge in [-0.1, -0.05) is 31.0 Å². The first-order valence-electron chi connectivity index (χ1n) is 4.92. The number of hydrogen-bond donors (Lipinski definition) is 1. The van der Waals surface area contributed by atoms with Gasteiger partial charge in [0.15, 0.2) is 0 Å². The lowest BCUT2D eigenvalue weighted by Crippen LogP contribution is -2.19. The van der Waals surface area contributed by atoms with Gasteiger partial charge in [-0.05, 0) is 18.6 Å². The molecular formula is C11H17ClN2. The van der Waals surface area contributed by atoms with Crippen LogP contribution in [0.2, 0.25) is 5.02 Å². The second kappa shape index (κ2) is 5.11. The molecule has 1 aromatic rings. The highest BCUT2D eigenvalue weighted by molar-refractivity contribution is 6.33. The molecule has 0 amide bonds. The number of hydrogen-bond acceptors (Lipinski definition) is 2. The van der Waals surface area contributed by atoms with Crippen molar-refractivity contribution in [1.82, 2.24) is 0 Å². The van der Waals surface area contributed by atoms with Crippen molar-refractivity contribution in [1.29, 1.82) is 0 Å². The van der Waals surface area contributed by atoms with E-state index in [1.807, 2.05) is 25.2 Å². The van der Waals surface area contributed by atoms with E-state index < -0.39 is 0 Å². The normalized spacial score (nSPS) is 10.2. The molecule has 0 bridgehead atoms. The second-order valence-corrected chi connectivity index (χ2v) is 3.85. The molecule has 0 aliphatic carbocycles. The number of para-hydroxylation sites is 1. The van der Waals surface area contributed by atoms with Crippen molar-refractivity contribution in [3.8, 4) is 0 Å². The van der Waals surface area contributed by atoms with Crippen molar-refractivity contribution in [3.05, 3.63) is 23.2 Å². The maximum atomic E-state index is 5.94. The van der Waals surface area contributed by atoms with Crippen molar-refractivity contribution in [2.75, 3.05) is 24.2 Å². The average molecular weight is 213 g/mol. The van der Waals surface area contributed by atoms with E-state index in [4.69, 9.17) is 17.3 Å². The highest BCUT2D eigenvalue weighted by Gasteiger charge is 2.06. The molecule has 0 fully saturated rings. The first kappa shape index (κ1) is 11.2. The van der Waals surface area contributed by atoms with Crippen LogP contribution in [-0.2, 0) is 0 Å². The van der Waals surface area contributed by atoms with Crippen molar-refractivity contribution in [2.45, 2.75) is 19.8 Å². The molecule has 0 aliphatic heterocycles. The minimum atomic E-state index is 0.630. The molecule has 0 aromatic heterocycles. The maximum Gasteiger partial charge on any atom is 0.0741 e. The van der Waals surface area contributed by atoms with Crippen LogP contribution in [0.3, 0.4) is 0 Å². The molecule has 3 heteroatoms. The van der Waals surface area contributed by atoms with Crippen molar-refractivity contribution >= 4 is 23.0 Å². The highest BCUT2D eigenvalue weighted by Crippen LogP contribution is 2.29. The number of rotatable bonds is 4.